The second-order valence-electron chi connectivity index (χ2n) is 8.52. The van der Waals surface area contributed by atoms with Gasteiger partial charge in [-0.2, -0.15) is 0 Å². The van der Waals surface area contributed by atoms with Gasteiger partial charge in [0.2, 0.25) is 5.91 Å². The van der Waals surface area contributed by atoms with Crippen molar-refractivity contribution in [3.05, 3.63) is 48.0 Å². The molecule has 2 heterocycles. The van der Waals surface area contributed by atoms with Crippen molar-refractivity contribution in [1.29, 1.82) is 0 Å². The van der Waals surface area contributed by atoms with E-state index in [1.165, 1.54) is 25.5 Å². The lowest BCUT2D eigenvalue weighted by molar-refractivity contribution is -0.133. The SMILES string of the molecule is CO[C@H]1CN(C)C(=O)c2ccc(NC(=O)c3cnccn3)cc2OC[C@@H](C)N(C(C)=O)C[C@@H]1C. The first-order chi connectivity index (χ1) is 16.2. The van der Waals surface area contributed by atoms with E-state index in [1.54, 1.807) is 42.2 Å². The van der Waals surface area contributed by atoms with E-state index in [-0.39, 0.29) is 42.2 Å². The summed E-state index contributed by atoms with van der Waals surface area (Å²) < 4.78 is 11.7. The molecule has 2 aromatic rings. The van der Waals surface area contributed by atoms with Crippen molar-refractivity contribution in [2.75, 3.05) is 39.2 Å². The Kier molecular flexibility index (Phi) is 8.17. The summed E-state index contributed by atoms with van der Waals surface area (Å²) in [7, 11) is 3.31. The summed E-state index contributed by atoms with van der Waals surface area (Å²) in [6, 6.07) is 4.61. The molecule has 0 bridgehead atoms. The van der Waals surface area contributed by atoms with Gasteiger partial charge in [0, 0.05) is 64.2 Å². The Hall–Kier alpha value is -3.53. The highest BCUT2D eigenvalue weighted by Gasteiger charge is 2.29. The van der Waals surface area contributed by atoms with Gasteiger partial charge in [0.1, 0.15) is 18.1 Å². The van der Waals surface area contributed by atoms with E-state index in [4.69, 9.17) is 9.47 Å². The Balaban J connectivity index is 1.93. The molecular formula is C24H31N5O5. The average molecular weight is 470 g/mol. The standard InChI is InChI=1S/C24H31N5O5/c1-15-12-29(17(3)30)16(2)14-34-21-10-18(27-23(31)20-11-25-8-9-26-20)6-7-19(21)24(32)28(4)13-22(15)33-5/h6-11,15-16,22H,12-14H2,1-5H3,(H,27,31)/t15-,16+,22-/m0/s1. The number of aromatic nitrogens is 2. The topological polar surface area (TPSA) is 114 Å². The molecule has 10 nitrogen and oxygen atoms in total. The zero-order valence-electron chi connectivity index (χ0n) is 20.1. The van der Waals surface area contributed by atoms with Gasteiger partial charge in [-0.05, 0) is 19.1 Å². The fraction of sp³-hybridized carbons (Fsp3) is 0.458. The van der Waals surface area contributed by atoms with Gasteiger partial charge in [-0.1, -0.05) is 6.92 Å². The number of amides is 3. The van der Waals surface area contributed by atoms with Crippen molar-refractivity contribution in [1.82, 2.24) is 19.8 Å². The summed E-state index contributed by atoms with van der Waals surface area (Å²) >= 11 is 0. The molecule has 1 N–H and O–H groups in total. The molecule has 1 aromatic carbocycles. The van der Waals surface area contributed by atoms with Crippen LogP contribution in [0.2, 0.25) is 0 Å². The Labute approximate surface area is 199 Å². The Morgan fingerprint density at radius 3 is 2.62 bits per heavy atom. The fourth-order valence-electron chi connectivity index (χ4n) is 3.90. The summed E-state index contributed by atoms with van der Waals surface area (Å²) in [4.78, 5) is 49.3. The minimum Gasteiger partial charge on any atom is -0.491 e. The van der Waals surface area contributed by atoms with E-state index in [0.29, 0.717) is 30.1 Å². The van der Waals surface area contributed by atoms with Gasteiger partial charge >= 0.3 is 0 Å². The molecule has 0 radical (unpaired) electrons. The number of carbonyl (C=O) groups excluding carboxylic acids is 3. The number of anilines is 1. The van der Waals surface area contributed by atoms with Gasteiger partial charge in [0.15, 0.2) is 0 Å². The smallest absolute Gasteiger partial charge is 0.275 e. The number of benzene rings is 1. The third-order valence-corrected chi connectivity index (χ3v) is 5.90. The number of ether oxygens (including phenoxy) is 2. The molecule has 1 aliphatic heterocycles. The number of methoxy groups -OCH3 is 1. The molecule has 0 aliphatic carbocycles. The zero-order valence-corrected chi connectivity index (χ0v) is 20.1. The van der Waals surface area contributed by atoms with Crippen molar-refractivity contribution in [2.45, 2.75) is 32.9 Å². The third-order valence-electron chi connectivity index (χ3n) is 5.90. The Bertz CT molecular complexity index is 1030. The van der Waals surface area contributed by atoms with E-state index in [2.05, 4.69) is 15.3 Å². The number of carbonyl (C=O) groups is 3. The molecule has 1 aromatic heterocycles. The second kappa shape index (κ2) is 11.1. The van der Waals surface area contributed by atoms with Crippen LogP contribution in [-0.4, -0.2) is 83.5 Å². The summed E-state index contributed by atoms with van der Waals surface area (Å²) in [5, 5.41) is 2.75. The van der Waals surface area contributed by atoms with Crippen LogP contribution in [0, 0.1) is 5.92 Å². The van der Waals surface area contributed by atoms with Crippen molar-refractivity contribution >= 4 is 23.4 Å². The lowest BCUT2D eigenvalue weighted by Crippen LogP contribution is -2.48. The molecule has 0 saturated carbocycles. The molecule has 34 heavy (non-hydrogen) atoms. The monoisotopic (exact) mass is 469 g/mol. The average Bonchev–Trinajstić information content (AvgIpc) is 2.83. The third kappa shape index (κ3) is 5.88. The van der Waals surface area contributed by atoms with Gasteiger partial charge in [-0.15, -0.1) is 0 Å². The van der Waals surface area contributed by atoms with Crippen LogP contribution in [0.5, 0.6) is 5.75 Å². The molecule has 182 valence electrons. The van der Waals surface area contributed by atoms with Crippen LogP contribution in [0.1, 0.15) is 41.6 Å². The van der Waals surface area contributed by atoms with Crippen LogP contribution in [0.15, 0.2) is 36.8 Å². The van der Waals surface area contributed by atoms with E-state index in [0.717, 1.165) is 0 Å². The maximum absolute atomic E-state index is 13.2. The molecule has 0 unspecified atom stereocenters. The first kappa shape index (κ1) is 25.1. The number of hydrogen-bond donors (Lipinski definition) is 1. The molecule has 0 spiro atoms. The van der Waals surface area contributed by atoms with Crippen molar-refractivity contribution < 1.29 is 23.9 Å². The predicted octanol–water partition coefficient (Wildman–Crippen LogP) is 2.08. The van der Waals surface area contributed by atoms with Gasteiger partial charge in [0.25, 0.3) is 11.8 Å². The van der Waals surface area contributed by atoms with E-state index < -0.39 is 5.91 Å². The molecule has 3 atom stereocenters. The first-order valence-corrected chi connectivity index (χ1v) is 11.1. The number of fused-ring (bicyclic) bond motifs is 1. The summed E-state index contributed by atoms with van der Waals surface area (Å²) in [5.41, 5.74) is 0.957. The lowest BCUT2D eigenvalue weighted by atomic mass is 10.0. The van der Waals surface area contributed by atoms with Gasteiger partial charge in [-0.3, -0.25) is 19.4 Å². The highest BCUT2D eigenvalue weighted by molar-refractivity contribution is 6.03. The van der Waals surface area contributed by atoms with Gasteiger partial charge < -0.3 is 24.6 Å². The summed E-state index contributed by atoms with van der Waals surface area (Å²) in [6.45, 7) is 6.43. The molecule has 10 heteroatoms. The van der Waals surface area contributed by atoms with Crippen molar-refractivity contribution in [3.63, 3.8) is 0 Å². The second-order valence-corrected chi connectivity index (χ2v) is 8.52. The number of nitrogens with zero attached hydrogens (tertiary/aromatic N) is 4. The quantitative estimate of drug-likeness (QED) is 0.732. The van der Waals surface area contributed by atoms with Crippen LogP contribution in [0.4, 0.5) is 5.69 Å². The number of nitrogens with one attached hydrogen (secondary N) is 1. The molecule has 1 aliphatic rings. The summed E-state index contributed by atoms with van der Waals surface area (Å²) in [5.74, 6) is -0.411. The molecule has 3 rings (SSSR count). The minimum atomic E-state index is -0.433. The summed E-state index contributed by atoms with van der Waals surface area (Å²) in [6.07, 6.45) is 4.02. The van der Waals surface area contributed by atoms with Crippen LogP contribution < -0.4 is 10.1 Å². The predicted molar refractivity (Wildman–Crippen MR) is 126 cm³/mol. The van der Waals surface area contributed by atoms with E-state index >= 15 is 0 Å². The maximum atomic E-state index is 13.2. The Morgan fingerprint density at radius 1 is 1.21 bits per heavy atom. The first-order valence-electron chi connectivity index (χ1n) is 11.1. The van der Waals surface area contributed by atoms with Gasteiger partial charge in [-0.25, -0.2) is 4.98 Å². The van der Waals surface area contributed by atoms with Gasteiger partial charge in [0.05, 0.1) is 23.9 Å². The number of rotatable bonds is 3. The number of likely N-dealkylation sites (N-methyl/N-ethyl adjacent to an activating group) is 1. The van der Waals surface area contributed by atoms with E-state index in [1.807, 2.05) is 13.8 Å². The lowest BCUT2D eigenvalue weighted by Gasteiger charge is -2.35. The van der Waals surface area contributed by atoms with Crippen LogP contribution in [0.25, 0.3) is 0 Å². The normalized spacial score (nSPS) is 21.6. The number of hydrogen-bond acceptors (Lipinski definition) is 7. The Morgan fingerprint density at radius 2 is 1.97 bits per heavy atom. The zero-order chi connectivity index (χ0) is 24.8. The fourth-order valence-corrected chi connectivity index (χ4v) is 3.90. The molecular weight excluding hydrogens is 438 g/mol. The highest BCUT2D eigenvalue weighted by Crippen LogP contribution is 2.27. The molecule has 0 fully saturated rings. The van der Waals surface area contributed by atoms with Crippen molar-refractivity contribution in [2.24, 2.45) is 5.92 Å². The largest absolute Gasteiger partial charge is 0.491 e. The van der Waals surface area contributed by atoms with Crippen molar-refractivity contribution in [3.8, 4) is 5.75 Å². The molecule has 0 saturated heterocycles. The molecule has 3 amide bonds. The van der Waals surface area contributed by atoms with E-state index in [9.17, 15) is 14.4 Å². The minimum absolute atomic E-state index is 0.00386. The highest BCUT2D eigenvalue weighted by atomic mass is 16.5. The maximum Gasteiger partial charge on any atom is 0.275 e. The van der Waals surface area contributed by atoms with Crippen LogP contribution in [-0.2, 0) is 9.53 Å². The van der Waals surface area contributed by atoms with Crippen LogP contribution in [0.3, 0.4) is 0 Å². The van der Waals surface area contributed by atoms with Crippen LogP contribution >= 0.6 is 0 Å².